The summed E-state index contributed by atoms with van der Waals surface area (Å²) in [6.45, 7) is 4.50. The van der Waals surface area contributed by atoms with E-state index in [1.807, 2.05) is 13.8 Å². The minimum atomic E-state index is -0.462. The van der Waals surface area contributed by atoms with Crippen molar-refractivity contribution < 1.29 is 9.47 Å². The second-order valence-electron chi connectivity index (χ2n) is 3.11. The average molecular weight is 170 g/mol. The molecule has 0 amide bonds. The van der Waals surface area contributed by atoms with Crippen molar-refractivity contribution in [2.24, 2.45) is 0 Å². The normalized spacial score (nSPS) is 11.2. The zero-order valence-electron chi connectivity index (χ0n) is 8.22. The number of hydrogen-bond acceptors (Lipinski definition) is 2. The Balaban J connectivity index is 3.26. The molecule has 0 N–H and O–H groups in total. The van der Waals surface area contributed by atoms with Crippen LogP contribution < -0.4 is 0 Å². The van der Waals surface area contributed by atoms with E-state index in [-0.39, 0.29) is 0 Å². The van der Waals surface area contributed by atoms with E-state index < -0.39 is 5.79 Å². The van der Waals surface area contributed by atoms with Crippen molar-refractivity contribution in [2.75, 3.05) is 13.7 Å². The topological polar surface area (TPSA) is 18.5 Å². The van der Waals surface area contributed by atoms with Gasteiger partial charge in [0.05, 0.1) is 6.61 Å². The van der Waals surface area contributed by atoms with Crippen molar-refractivity contribution in [3.63, 3.8) is 0 Å². The van der Waals surface area contributed by atoms with E-state index in [0.29, 0.717) is 6.61 Å². The van der Waals surface area contributed by atoms with Crippen molar-refractivity contribution in [3.05, 3.63) is 0 Å². The third-order valence-electron chi connectivity index (χ3n) is 1.66. The molecule has 0 rings (SSSR count). The summed E-state index contributed by atoms with van der Waals surface area (Å²) in [6, 6.07) is 0. The van der Waals surface area contributed by atoms with E-state index in [0.717, 1.165) is 19.3 Å². The molecule has 12 heavy (non-hydrogen) atoms. The summed E-state index contributed by atoms with van der Waals surface area (Å²) in [6.07, 6.45) is 7.96. The van der Waals surface area contributed by atoms with Gasteiger partial charge in [-0.25, -0.2) is 0 Å². The fourth-order valence-corrected chi connectivity index (χ4v) is 0.706. The van der Waals surface area contributed by atoms with Crippen molar-refractivity contribution in [3.8, 4) is 12.3 Å². The van der Waals surface area contributed by atoms with Gasteiger partial charge >= 0.3 is 0 Å². The van der Waals surface area contributed by atoms with Gasteiger partial charge in [0.15, 0.2) is 5.79 Å². The zero-order chi connectivity index (χ0) is 9.45. The first-order valence-electron chi connectivity index (χ1n) is 4.25. The first kappa shape index (κ1) is 11.5. The third kappa shape index (κ3) is 6.21. The highest BCUT2D eigenvalue weighted by Gasteiger charge is 2.15. The molecule has 0 aliphatic heterocycles. The Hall–Kier alpha value is -0.520. The molecular formula is C10H18O2. The van der Waals surface area contributed by atoms with Crippen LogP contribution >= 0.6 is 0 Å². The van der Waals surface area contributed by atoms with Crippen LogP contribution in [-0.2, 0) is 9.47 Å². The van der Waals surface area contributed by atoms with Gasteiger partial charge in [0.25, 0.3) is 0 Å². The molecule has 0 saturated carbocycles. The Morgan fingerprint density at radius 2 is 2.00 bits per heavy atom. The molecule has 0 aromatic heterocycles. The maximum Gasteiger partial charge on any atom is 0.162 e. The van der Waals surface area contributed by atoms with Crippen molar-refractivity contribution in [1.29, 1.82) is 0 Å². The van der Waals surface area contributed by atoms with Gasteiger partial charge < -0.3 is 9.47 Å². The summed E-state index contributed by atoms with van der Waals surface area (Å²) in [5, 5.41) is 0. The highest BCUT2D eigenvalue weighted by atomic mass is 16.7. The first-order chi connectivity index (χ1) is 5.62. The third-order valence-corrected chi connectivity index (χ3v) is 1.66. The Labute approximate surface area is 75.3 Å². The van der Waals surface area contributed by atoms with Gasteiger partial charge in [0.1, 0.15) is 0 Å². The second kappa shape index (κ2) is 6.05. The van der Waals surface area contributed by atoms with E-state index in [1.54, 1.807) is 7.11 Å². The Morgan fingerprint density at radius 3 is 2.50 bits per heavy atom. The molecule has 2 nitrogen and oxygen atoms in total. The van der Waals surface area contributed by atoms with Crippen LogP contribution in [0.4, 0.5) is 0 Å². The van der Waals surface area contributed by atoms with Gasteiger partial charge in [0, 0.05) is 13.5 Å². The molecule has 0 saturated heterocycles. The highest BCUT2D eigenvalue weighted by molar-refractivity contribution is 4.82. The maximum atomic E-state index is 5.43. The monoisotopic (exact) mass is 170 g/mol. The summed E-state index contributed by atoms with van der Waals surface area (Å²) in [7, 11) is 1.64. The Morgan fingerprint density at radius 1 is 1.33 bits per heavy atom. The molecule has 0 fully saturated rings. The van der Waals surface area contributed by atoms with E-state index in [9.17, 15) is 0 Å². The number of terminal acetylenes is 1. The number of ether oxygens (including phenoxy) is 2. The van der Waals surface area contributed by atoms with Crippen molar-refractivity contribution >= 4 is 0 Å². The zero-order valence-corrected chi connectivity index (χ0v) is 8.22. The SMILES string of the molecule is C#CCCCCOC(C)(C)OC. The van der Waals surface area contributed by atoms with Crippen LogP contribution in [0.2, 0.25) is 0 Å². The lowest BCUT2D eigenvalue weighted by Crippen LogP contribution is -2.26. The summed E-state index contributed by atoms with van der Waals surface area (Å²) in [5.74, 6) is 2.13. The standard InChI is InChI=1S/C10H18O2/c1-5-6-7-8-9-12-10(2,3)11-4/h1H,6-9H2,2-4H3. The minimum absolute atomic E-state index is 0.462. The number of methoxy groups -OCH3 is 1. The molecule has 0 aliphatic carbocycles. The lowest BCUT2D eigenvalue weighted by molar-refractivity contribution is -0.197. The molecule has 0 atom stereocenters. The van der Waals surface area contributed by atoms with Crippen LogP contribution in [0.3, 0.4) is 0 Å². The molecule has 0 radical (unpaired) electrons. The van der Waals surface area contributed by atoms with Gasteiger partial charge in [-0.1, -0.05) is 0 Å². The number of unbranched alkanes of at least 4 members (excludes halogenated alkanes) is 2. The maximum absolute atomic E-state index is 5.43. The molecule has 0 heterocycles. The average Bonchev–Trinajstić information content (AvgIpc) is 2.04. The van der Waals surface area contributed by atoms with Gasteiger partial charge in [0.2, 0.25) is 0 Å². The van der Waals surface area contributed by atoms with Crippen molar-refractivity contribution in [1.82, 2.24) is 0 Å². The number of rotatable bonds is 6. The molecule has 0 aromatic carbocycles. The van der Waals surface area contributed by atoms with Crippen molar-refractivity contribution in [2.45, 2.75) is 38.9 Å². The minimum Gasteiger partial charge on any atom is -0.354 e. The summed E-state index contributed by atoms with van der Waals surface area (Å²) < 4.78 is 10.5. The van der Waals surface area contributed by atoms with Crippen LogP contribution in [-0.4, -0.2) is 19.5 Å². The summed E-state index contributed by atoms with van der Waals surface area (Å²) in [4.78, 5) is 0. The first-order valence-corrected chi connectivity index (χ1v) is 4.25. The fraction of sp³-hybridized carbons (Fsp3) is 0.800. The summed E-state index contributed by atoms with van der Waals surface area (Å²) in [5.41, 5.74) is 0. The Bertz CT molecular complexity index is 144. The predicted octanol–water partition coefficient (Wildman–Crippen LogP) is 2.19. The smallest absolute Gasteiger partial charge is 0.162 e. The van der Waals surface area contributed by atoms with E-state index in [2.05, 4.69) is 5.92 Å². The van der Waals surface area contributed by atoms with Gasteiger partial charge in [-0.3, -0.25) is 0 Å². The van der Waals surface area contributed by atoms with Gasteiger partial charge in [-0.2, -0.15) is 0 Å². The quantitative estimate of drug-likeness (QED) is 0.345. The molecule has 0 bridgehead atoms. The lowest BCUT2D eigenvalue weighted by atomic mass is 10.2. The summed E-state index contributed by atoms with van der Waals surface area (Å²) >= 11 is 0. The van der Waals surface area contributed by atoms with Crippen LogP contribution in [0.25, 0.3) is 0 Å². The predicted molar refractivity (Wildman–Crippen MR) is 49.7 cm³/mol. The van der Waals surface area contributed by atoms with Crippen LogP contribution in [0.15, 0.2) is 0 Å². The van der Waals surface area contributed by atoms with Crippen LogP contribution in [0.1, 0.15) is 33.1 Å². The molecule has 70 valence electrons. The lowest BCUT2D eigenvalue weighted by Gasteiger charge is -2.23. The largest absolute Gasteiger partial charge is 0.354 e. The van der Waals surface area contributed by atoms with E-state index in [4.69, 9.17) is 15.9 Å². The van der Waals surface area contributed by atoms with E-state index >= 15 is 0 Å². The molecule has 0 spiro atoms. The number of hydrogen-bond donors (Lipinski definition) is 0. The van der Waals surface area contributed by atoms with Gasteiger partial charge in [-0.05, 0) is 26.7 Å². The molecule has 2 heteroatoms. The molecule has 0 aliphatic rings. The molecular weight excluding hydrogens is 152 g/mol. The van der Waals surface area contributed by atoms with Crippen LogP contribution in [0, 0.1) is 12.3 Å². The van der Waals surface area contributed by atoms with Crippen LogP contribution in [0.5, 0.6) is 0 Å². The van der Waals surface area contributed by atoms with E-state index in [1.165, 1.54) is 0 Å². The Kier molecular flexibility index (Phi) is 5.79. The second-order valence-corrected chi connectivity index (χ2v) is 3.11. The van der Waals surface area contributed by atoms with Gasteiger partial charge in [-0.15, -0.1) is 12.3 Å². The molecule has 0 aromatic rings. The molecule has 0 unspecified atom stereocenters. The highest BCUT2D eigenvalue weighted by Crippen LogP contribution is 2.10. The fourth-order valence-electron chi connectivity index (χ4n) is 0.706.